The molecule has 0 aliphatic heterocycles. The van der Waals surface area contributed by atoms with E-state index in [1.54, 1.807) is 36.4 Å². The van der Waals surface area contributed by atoms with E-state index in [2.05, 4.69) is 20.2 Å². The number of hydrogen-bond donors (Lipinski definition) is 2. The van der Waals surface area contributed by atoms with Gasteiger partial charge in [-0.3, -0.25) is 9.59 Å². The van der Waals surface area contributed by atoms with Crippen LogP contribution < -0.4 is 15.4 Å². The predicted octanol–water partition coefficient (Wildman–Crippen LogP) is 3.60. The standard InChI is InChI=1S/C23H22N4O4/c1-2-27-19-10-4-3-9-18(19)26-21(27)14-24-22(28)15-31-17-8-5-7-16(13-17)25-23(29)20-11-6-12-30-20/h3-13H,2,14-15H2,1H3,(H,24,28)(H,25,29). The van der Waals surface area contributed by atoms with Crippen molar-refractivity contribution in [2.45, 2.75) is 20.0 Å². The van der Waals surface area contributed by atoms with E-state index in [1.165, 1.54) is 6.26 Å². The van der Waals surface area contributed by atoms with Gasteiger partial charge in [0.1, 0.15) is 11.6 Å². The maximum atomic E-state index is 12.3. The van der Waals surface area contributed by atoms with E-state index < -0.39 is 0 Å². The van der Waals surface area contributed by atoms with Crippen molar-refractivity contribution in [1.82, 2.24) is 14.9 Å². The molecule has 0 spiro atoms. The first-order chi connectivity index (χ1) is 15.1. The van der Waals surface area contributed by atoms with E-state index in [0.717, 1.165) is 23.4 Å². The highest BCUT2D eigenvalue weighted by molar-refractivity contribution is 6.02. The predicted molar refractivity (Wildman–Crippen MR) is 116 cm³/mol. The van der Waals surface area contributed by atoms with E-state index in [1.807, 2.05) is 31.2 Å². The molecular weight excluding hydrogens is 396 g/mol. The zero-order valence-electron chi connectivity index (χ0n) is 17.0. The number of anilines is 1. The molecule has 158 valence electrons. The molecule has 2 aromatic carbocycles. The Bertz CT molecular complexity index is 1200. The van der Waals surface area contributed by atoms with Crippen LogP contribution in [0.2, 0.25) is 0 Å². The summed E-state index contributed by atoms with van der Waals surface area (Å²) in [6, 6.07) is 17.9. The van der Waals surface area contributed by atoms with E-state index in [9.17, 15) is 9.59 Å². The zero-order valence-corrected chi connectivity index (χ0v) is 17.0. The zero-order chi connectivity index (χ0) is 21.6. The second-order valence-corrected chi connectivity index (χ2v) is 6.79. The van der Waals surface area contributed by atoms with Crippen LogP contribution in [0.4, 0.5) is 5.69 Å². The summed E-state index contributed by atoms with van der Waals surface area (Å²) in [7, 11) is 0. The van der Waals surface area contributed by atoms with Crippen molar-refractivity contribution in [3.8, 4) is 5.75 Å². The topological polar surface area (TPSA) is 98.4 Å². The number of para-hydroxylation sites is 2. The largest absolute Gasteiger partial charge is 0.484 e. The normalized spacial score (nSPS) is 10.7. The van der Waals surface area contributed by atoms with Gasteiger partial charge in [-0.1, -0.05) is 18.2 Å². The second kappa shape index (κ2) is 9.17. The van der Waals surface area contributed by atoms with Crippen LogP contribution >= 0.6 is 0 Å². The minimum absolute atomic E-state index is 0.151. The molecule has 0 fully saturated rings. The summed E-state index contributed by atoms with van der Waals surface area (Å²) < 4.78 is 12.7. The van der Waals surface area contributed by atoms with Gasteiger partial charge in [0.05, 0.1) is 23.8 Å². The maximum absolute atomic E-state index is 12.3. The molecule has 2 aromatic heterocycles. The number of ether oxygens (including phenoxy) is 1. The lowest BCUT2D eigenvalue weighted by atomic mass is 10.3. The number of hydrogen-bond acceptors (Lipinski definition) is 5. The highest BCUT2D eigenvalue weighted by Crippen LogP contribution is 2.19. The molecule has 0 saturated carbocycles. The Morgan fingerprint density at radius 2 is 1.97 bits per heavy atom. The monoisotopic (exact) mass is 418 g/mol. The van der Waals surface area contributed by atoms with Crippen molar-refractivity contribution in [3.05, 3.63) is 78.5 Å². The third kappa shape index (κ3) is 4.75. The molecule has 0 aliphatic carbocycles. The number of fused-ring (bicyclic) bond motifs is 1. The van der Waals surface area contributed by atoms with Crippen LogP contribution in [0.5, 0.6) is 5.75 Å². The molecule has 0 radical (unpaired) electrons. The van der Waals surface area contributed by atoms with Crippen molar-refractivity contribution in [3.63, 3.8) is 0 Å². The van der Waals surface area contributed by atoms with E-state index in [0.29, 0.717) is 18.0 Å². The number of carbonyl (C=O) groups is 2. The lowest BCUT2D eigenvalue weighted by Crippen LogP contribution is -2.29. The van der Waals surface area contributed by atoms with E-state index in [-0.39, 0.29) is 24.2 Å². The van der Waals surface area contributed by atoms with Crippen LogP contribution in [0.3, 0.4) is 0 Å². The van der Waals surface area contributed by atoms with Crippen LogP contribution in [-0.2, 0) is 17.9 Å². The van der Waals surface area contributed by atoms with Gasteiger partial charge < -0.3 is 24.4 Å². The summed E-state index contributed by atoms with van der Waals surface area (Å²) in [5.41, 5.74) is 2.48. The van der Waals surface area contributed by atoms with Gasteiger partial charge in [0.15, 0.2) is 12.4 Å². The molecule has 8 nitrogen and oxygen atoms in total. The summed E-state index contributed by atoms with van der Waals surface area (Å²) in [5.74, 6) is 0.843. The minimum atomic E-state index is -0.362. The molecule has 2 N–H and O–H groups in total. The quantitative estimate of drug-likeness (QED) is 0.456. The van der Waals surface area contributed by atoms with Gasteiger partial charge in [0.2, 0.25) is 0 Å². The highest BCUT2D eigenvalue weighted by atomic mass is 16.5. The van der Waals surface area contributed by atoms with Crippen molar-refractivity contribution < 1.29 is 18.7 Å². The van der Waals surface area contributed by atoms with Gasteiger partial charge in [-0.15, -0.1) is 0 Å². The summed E-state index contributed by atoms with van der Waals surface area (Å²) in [4.78, 5) is 28.9. The van der Waals surface area contributed by atoms with Crippen LogP contribution in [-0.4, -0.2) is 28.0 Å². The highest BCUT2D eigenvalue weighted by Gasteiger charge is 2.12. The lowest BCUT2D eigenvalue weighted by molar-refractivity contribution is -0.123. The van der Waals surface area contributed by atoms with Gasteiger partial charge in [0, 0.05) is 18.3 Å². The first kappa shape index (κ1) is 20.2. The number of aryl methyl sites for hydroxylation is 1. The third-order valence-electron chi connectivity index (χ3n) is 4.70. The fourth-order valence-corrected chi connectivity index (χ4v) is 3.25. The molecule has 2 heterocycles. The number of rotatable bonds is 8. The van der Waals surface area contributed by atoms with Crippen molar-refractivity contribution in [2.24, 2.45) is 0 Å². The smallest absolute Gasteiger partial charge is 0.291 e. The van der Waals surface area contributed by atoms with Crippen LogP contribution in [0.1, 0.15) is 23.3 Å². The second-order valence-electron chi connectivity index (χ2n) is 6.79. The van der Waals surface area contributed by atoms with Crippen molar-refractivity contribution in [1.29, 1.82) is 0 Å². The van der Waals surface area contributed by atoms with Gasteiger partial charge >= 0.3 is 0 Å². The molecule has 0 atom stereocenters. The molecule has 4 aromatic rings. The van der Waals surface area contributed by atoms with Crippen molar-refractivity contribution in [2.75, 3.05) is 11.9 Å². The van der Waals surface area contributed by atoms with Crippen molar-refractivity contribution >= 4 is 28.5 Å². The van der Waals surface area contributed by atoms with Gasteiger partial charge in [-0.25, -0.2) is 4.98 Å². The number of nitrogens with zero attached hydrogens (tertiary/aromatic N) is 2. The number of imidazole rings is 1. The van der Waals surface area contributed by atoms with E-state index in [4.69, 9.17) is 9.15 Å². The molecule has 0 saturated heterocycles. The van der Waals surface area contributed by atoms with Crippen LogP contribution in [0.25, 0.3) is 11.0 Å². The Morgan fingerprint density at radius 1 is 1.10 bits per heavy atom. The number of furan rings is 1. The Labute approximate surface area is 178 Å². The third-order valence-corrected chi connectivity index (χ3v) is 4.70. The van der Waals surface area contributed by atoms with Gasteiger partial charge in [0.25, 0.3) is 11.8 Å². The number of nitrogens with one attached hydrogen (secondary N) is 2. The summed E-state index contributed by atoms with van der Waals surface area (Å²) in [5, 5.41) is 5.56. The number of benzene rings is 2. The maximum Gasteiger partial charge on any atom is 0.291 e. The van der Waals surface area contributed by atoms with Crippen LogP contribution in [0, 0.1) is 0 Å². The SMILES string of the molecule is CCn1c(CNC(=O)COc2cccc(NC(=O)c3ccco3)c2)nc2ccccc21. The molecule has 8 heteroatoms. The molecule has 0 aliphatic rings. The molecule has 31 heavy (non-hydrogen) atoms. The summed E-state index contributed by atoms with van der Waals surface area (Å²) in [6.07, 6.45) is 1.43. The first-order valence-electron chi connectivity index (χ1n) is 9.92. The van der Waals surface area contributed by atoms with Gasteiger partial charge in [-0.2, -0.15) is 0 Å². The lowest BCUT2D eigenvalue weighted by Gasteiger charge is -2.10. The molecule has 0 bridgehead atoms. The summed E-state index contributed by atoms with van der Waals surface area (Å²) in [6.45, 7) is 2.96. The minimum Gasteiger partial charge on any atom is -0.484 e. The fourth-order valence-electron chi connectivity index (χ4n) is 3.25. The Kier molecular flexibility index (Phi) is 5.98. The average molecular weight is 418 g/mol. The van der Waals surface area contributed by atoms with Crippen LogP contribution in [0.15, 0.2) is 71.3 Å². The first-order valence-corrected chi connectivity index (χ1v) is 9.92. The number of carbonyl (C=O) groups excluding carboxylic acids is 2. The average Bonchev–Trinajstić information content (AvgIpc) is 3.44. The van der Waals surface area contributed by atoms with E-state index >= 15 is 0 Å². The molecule has 2 amide bonds. The fraction of sp³-hybridized carbons (Fsp3) is 0.174. The summed E-state index contributed by atoms with van der Waals surface area (Å²) >= 11 is 0. The Balaban J connectivity index is 1.32. The van der Waals surface area contributed by atoms with Gasteiger partial charge in [-0.05, 0) is 43.3 Å². The molecular formula is C23H22N4O4. The Morgan fingerprint density at radius 3 is 2.77 bits per heavy atom. The molecule has 0 unspecified atom stereocenters. The molecule has 4 rings (SSSR count). The number of aromatic nitrogens is 2. The Hall–Kier alpha value is -4.07. The number of amides is 2.